The number of carboxylic acid groups (broad SMARTS) is 1. The monoisotopic (exact) mass is 647 g/mol. The van der Waals surface area contributed by atoms with Gasteiger partial charge in [-0.2, -0.15) is 0 Å². The number of nitrogens with zero attached hydrogens (tertiary/aromatic N) is 2. The van der Waals surface area contributed by atoms with E-state index in [-0.39, 0.29) is 32.6 Å². The van der Waals surface area contributed by atoms with Crippen LogP contribution in [0.15, 0.2) is 0 Å². The third-order valence-electron chi connectivity index (χ3n) is 4.84. The summed E-state index contributed by atoms with van der Waals surface area (Å²) in [5.74, 6) is -4.09. The van der Waals surface area contributed by atoms with Gasteiger partial charge in [0.1, 0.15) is 35.0 Å². The van der Waals surface area contributed by atoms with Crippen molar-refractivity contribution >= 4 is 35.9 Å². The number of aliphatic carboxylic acids is 1. The van der Waals surface area contributed by atoms with Crippen molar-refractivity contribution in [3.05, 3.63) is 0 Å². The minimum Gasteiger partial charge on any atom is -0.481 e. The minimum atomic E-state index is -1.42. The van der Waals surface area contributed by atoms with Gasteiger partial charge in [0, 0.05) is 13.1 Å². The number of hydrogen-bond donors (Lipinski definition) is 2. The summed E-state index contributed by atoms with van der Waals surface area (Å²) in [6, 6.07) is -1.42. The lowest BCUT2D eigenvalue weighted by Gasteiger charge is -2.32. The van der Waals surface area contributed by atoms with Crippen LogP contribution in [0.1, 0.15) is 95.9 Å². The van der Waals surface area contributed by atoms with Crippen molar-refractivity contribution in [1.82, 2.24) is 15.3 Å². The van der Waals surface area contributed by atoms with Crippen LogP contribution >= 0.6 is 0 Å². The zero-order valence-electron chi connectivity index (χ0n) is 28.9. The summed E-state index contributed by atoms with van der Waals surface area (Å²) in [7, 11) is 0. The summed E-state index contributed by atoms with van der Waals surface area (Å²) in [6.45, 7) is 18.0. The summed E-state index contributed by atoms with van der Waals surface area (Å²) >= 11 is 0. The maximum atomic E-state index is 13.4. The van der Waals surface area contributed by atoms with Crippen LogP contribution in [-0.4, -0.2) is 112 Å². The first-order valence-corrected chi connectivity index (χ1v) is 14.7. The van der Waals surface area contributed by atoms with Gasteiger partial charge in [0.2, 0.25) is 5.91 Å². The van der Waals surface area contributed by atoms with E-state index in [4.69, 9.17) is 28.9 Å². The average molecular weight is 648 g/mol. The molecule has 0 aliphatic heterocycles. The Kier molecular flexibility index (Phi) is 16.0. The number of esters is 3. The van der Waals surface area contributed by atoms with Gasteiger partial charge in [0.15, 0.2) is 0 Å². The number of rotatable bonds is 15. The van der Waals surface area contributed by atoms with Gasteiger partial charge < -0.3 is 34.2 Å². The summed E-state index contributed by atoms with van der Waals surface area (Å²) in [5.41, 5.74) is -3.52. The molecule has 260 valence electrons. The van der Waals surface area contributed by atoms with Gasteiger partial charge in [0.05, 0.1) is 19.5 Å². The third kappa shape index (κ3) is 22.7. The molecule has 0 saturated carbocycles. The van der Waals surface area contributed by atoms with Crippen molar-refractivity contribution in [3.63, 3.8) is 0 Å². The maximum absolute atomic E-state index is 13.4. The lowest BCUT2D eigenvalue weighted by molar-refractivity contribution is -0.190. The molecule has 0 radical (unpaired) electrons. The molecule has 15 nitrogen and oxygen atoms in total. The molecule has 45 heavy (non-hydrogen) atoms. The van der Waals surface area contributed by atoms with Crippen LogP contribution in [0.2, 0.25) is 0 Å². The molecule has 0 aromatic carbocycles. The zero-order chi connectivity index (χ0) is 35.4. The smallest absolute Gasteiger partial charge is 0.481 e. The van der Waals surface area contributed by atoms with Gasteiger partial charge in [-0.25, -0.2) is 4.79 Å². The molecule has 0 unspecified atom stereocenters. The SMILES string of the molecule is CC(C)(C)OC(=O)CN(CC[C@H](C(=O)NCCC(=O)O)N(CC(=O)OC(C)(C)C)OC(=O)OC(C)(C)C)CC(=O)OC(C)(C)C. The standard InChI is InChI=1S/C30H53N3O12/c1-27(2,3)41-22(36)17-32(18-23(37)42-28(4,5)6)16-14-20(25(39)31-15-13-21(34)35)33(19-24(38)43-29(7,8)9)45-26(40)44-30(10,11)12/h20H,13-19H2,1-12H3,(H,31,39)(H,34,35)/t20-/m1/s1. The number of amides is 1. The van der Waals surface area contributed by atoms with E-state index < -0.39 is 77.4 Å². The molecule has 0 saturated heterocycles. The Labute approximate surface area is 266 Å². The van der Waals surface area contributed by atoms with Crippen LogP contribution in [0.4, 0.5) is 4.79 Å². The molecule has 0 fully saturated rings. The van der Waals surface area contributed by atoms with Crippen molar-refractivity contribution in [2.45, 2.75) is 124 Å². The van der Waals surface area contributed by atoms with Crippen LogP contribution in [0.25, 0.3) is 0 Å². The lowest BCUT2D eigenvalue weighted by atomic mass is 10.1. The van der Waals surface area contributed by atoms with E-state index in [0.717, 1.165) is 5.06 Å². The first kappa shape index (κ1) is 41.5. The van der Waals surface area contributed by atoms with Gasteiger partial charge in [-0.3, -0.25) is 28.9 Å². The normalized spacial score (nSPS) is 13.1. The Bertz CT molecular complexity index is 973. The predicted molar refractivity (Wildman–Crippen MR) is 162 cm³/mol. The highest BCUT2D eigenvalue weighted by Gasteiger charge is 2.35. The Morgan fingerprint density at radius 3 is 1.42 bits per heavy atom. The summed E-state index contributed by atoms with van der Waals surface area (Å²) in [4.78, 5) is 82.1. The first-order chi connectivity index (χ1) is 20.2. The fourth-order valence-electron chi connectivity index (χ4n) is 3.52. The Morgan fingerprint density at radius 1 is 0.644 bits per heavy atom. The topological polar surface area (TPSA) is 187 Å². The molecule has 0 spiro atoms. The average Bonchev–Trinajstić information content (AvgIpc) is 2.73. The van der Waals surface area contributed by atoms with Crippen LogP contribution in [-0.2, 0) is 47.8 Å². The molecule has 0 rings (SSSR count). The van der Waals surface area contributed by atoms with Crippen molar-refractivity contribution in [3.8, 4) is 0 Å². The van der Waals surface area contributed by atoms with Gasteiger partial charge in [-0.1, -0.05) is 0 Å². The molecule has 0 aliphatic carbocycles. The molecule has 15 heteroatoms. The second-order valence-corrected chi connectivity index (χ2v) is 14.3. The van der Waals surface area contributed by atoms with Gasteiger partial charge >= 0.3 is 30.0 Å². The summed E-state index contributed by atoms with van der Waals surface area (Å²) in [6.07, 6.45) is -1.83. The first-order valence-electron chi connectivity index (χ1n) is 14.7. The number of carbonyl (C=O) groups is 6. The maximum Gasteiger partial charge on any atom is 0.528 e. The van der Waals surface area contributed by atoms with E-state index in [1.165, 1.54) is 4.90 Å². The molecule has 0 aromatic rings. The largest absolute Gasteiger partial charge is 0.528 e. The van der Waals surface area contributed by atoms with Crippen LogP contribution in [0.5, 0.6) is 0 Å². The molecule has 0 heterocycles. The van der Waals surface area contributed by atoms with Crippen molar-refractivity contribution in [2.75, 3.05) is 32.7 Å². The number of hydrogen-bond acceptors (Lipinski definition) is 13. The molecular weight excluding hydrogens is 594 g/mol. The van der Waals surface area contributed by atoms with E-state index in [0.29, 0.717) is 0 Å². The van der Waals surface area contributed by atoms with Gasteiger partial charge in [0.25, 0.3) is 0 Å². The molecule has 0 aliphatic rings. The fraction of sp³-hybridized carbons (Fsp3) is 0.800. The minimum absolute atomic E-state index is 0.127. The second kappa shape index (κ2) is 17.3. The van der Waals surface area contributed by atoms with Gasteiger partial charge in [-0.05, 0) is 89.5 Å². The molecule has 2 N–H and O–H groups in total. The van der Waals surface area contributed by atoms with Crippen molar-refractivity contribution in [2.24, 2.45) is 0 Å². The Morgan fingerprint density at radius 2 is 1.04 bits per heavy atom. The zero-order valence-corrected chi connectivity index (χ0v) is 28.9. The van der Waals surface area contributed by atoms with E-state index >= 15 is 0 Å². The molecule has 1 amide bonds. The number of carboxylic acids is 1. The van der Waals surface area contributed by atoms with Crippen molar-refractivity contribution < 1.29 is 57.7 Å². The summed E-state index contributed by atoms with van der Waals surface area (Å²) in [5, 5.41) is 12.3. The number of carbonyl (C=O) groups excluding carboxylic acids is 5. The quantitative estimate of drug-likeness (QED) is 0.150. The van der Waals surface area contributed by atoms with Gasteiger partial charge in [-0.15, -0.1) is 5.06 Å². The number of nitrogens with one attached hydrogen (secondary N) is 1. The molecule has 1 atom stereocenters. The van der Waals surface area contributed by atoms with Crippen LogP contribution < -0.4 is 5.32 Å². The van der Waals surface area contributed by atoms with E-state index in [1.54, 1.807) is 83.1 Å². The Balaban J connectivity index is 6.43. The Hall–Kier alpha value is -3.46. The van der Waals surface area contributed by atoms with Crippen LogP contribution in [0, 0.1) is 0 Å². The number of hydroxylamine groups is 2. The second-order valence-electron chi connectivity index (χ2n) is 14.3. The van der Waals surface area contributed by atoms with E-state index in [9.17, 15) is 28.8 Å². The highest BCUT2D eigenvalue weighted by Crippen LogP contribution is 2.16. The van der Waals surface area contributed by atoms with Crippen LogP contribution in [0.3, 0.4) is 0 Å². The lowest BCUT2D eigenvalue weighted by Crippen LogP contribution is -2.52. The molecule has 0 bridgehead atoms. The number of ether oxygens (including phenoxy) is 4. The summed E-state index contributed by atoms with van der Waals surface area (Å²) < 4.78 is 21.4. The van der Waals surface area contributed by atoms with Crippen molar-refractivity contribution in [1.29, 1.82) is 0 Å². The molecule has 0 aromatic heterocycles. The highest BCUT2D eigenvalue weighted by molar-refractivity contribution is 5.83. The molecular formula is C30H53N3O12. The van der Waals surface area contributed by atoms with E-state index in [1.807, 2.05) is 0 Å². The van der Waals surface area contributed by atoms with E-state index in [2.05, 4.69) is 5.32 Å². The predicted octanol–water partition coefficient (Wildman–Crippen LogP) is 2.83. The third-order valence-corrected chi connectivity index (χ3v) is 4.84. The fourth-order valence-corrected chi connectivity index (χ4v) is 3.52. The highest BCUT2D eigenvalue weighted by atomic mass is 16.8.